The molecule has 3 rings (SSSR count). The smallest absolute Gasteiger partial charge is 0.335 e. The summed E-state index contributed by atoms with van der Waals surface area (Å²) in [5.41, 5.74) is 1.60. The molecule has 0 aliphatic heterocycles. The minimum atomic E-state index is -0.966. The maximum Gasteiger partial charge on any atom is 0.335 e. The molecule has 1 saturated carbocycles. The molecule has 0 heterocycles. The van der Waals surface area contributed by atoms with Gasteiger partial charge in [-0.3, -0.25) is 4.79 Å². The SMILES string of the molecule is O=C(O)c1ccc(CCNC(=O)C2CC2c2c(F)cccc2Cl)cc1. The number of carbonyl (C=O) groups excluding carboxylic acids is 1. The minimum absolute atomic E-state index is 0.105. The lowest BCUT2D eigenvalue weighted by molar-refractivity contribution is -0.122. The van der Waals surface area contributed by atoms with Crippen molar-refractivity contribution in [3.8, 4) is 0 Å². The summed E-state index contributed by atoms with van der Waals surface area (Å²) >= 11 is 6.04. The van der Waals surface area contributed by atoms with Crippen molar-refractivity contribution >= 4 is 23.5 Å². The van der Waals surface area contributed by atoms with E-state index in [1.165, 1.54) is 18.2 Å². The molecule has 2 unspecified atom stereocenters. The summed E-state index contributed by atoms with van der Waals surface area (Å²) in [6.45, 7) is 0.444. The Labute approximate surface area is 149 Å². The van der Waals surface area contributed by atoms with Crippen molar-refractivity contribution in [3.05, 3.63) is 70.0 Å². The highest BCUT2D eigenvalue weighted by Crippen LogP contribution is 2.50. The summed E-state index contributed by atoms with van der Waals surface area (Å²) in [5.74, 6) is -1.85. The van der Waals surface area contributed by atoms with Gasteiger partial charge in [-0.25, -0.2) is 9.18 Å². The predicted molar refractivity (Wildman–Crippen MR) is 92.4 cm³/mol. The second-order valence-corrected chi connectivity index (χ2v) is 6.53. The lowest BCUT2D eigenvalue weighted by atomic mass is 10.1. The van der Waals surface area contributed by atoms with Crippen LogP contribution in [-0.4, -0.2) is 23.5 Å². The molecule has 6 heteroatoms. The first-order valence-corrected chi connectivity index (χ1v) is 8.39. The van der Waals surface area contributed by atoms with Gasteiger partial charge < -0.3 is 10.4 Å². The number of hydrogen-bond donors (Lipinski definition) is 2. The summed E-state index contributed by atoms with van der Waals surface area (Å²) in [6, 6.07) is 11.1. The van der Waals surface area contributed by atoms with Gasteiger partial charge in [-0.2, -0.15) is 0 Å². The number of rotatable bonds is 6. The van der Waals surface area contributed by atoms with Crippen LogP contribution in [0.25, 0.3) is 0 Å². The van der Waals surface area contributed by atoms with Crippen LogP contribution >= 0.6 is 11.6 Å². The first kappa shape index (κ1) is 17.4. The second kappa shape index (κ2) is 7.23. The molecular formula is C19H17ClFNO3. The van der Waals surface area contributed by atoms with E-state index in [4.69, 9.17) is 16.7 Å². The summed E-state index contributed by atoms with van der Waals surface area (Å²) in [7, 11) is 0. The Balaban J connectivity index is 1.50. The van der Waals surface area contributed by atoms with Gasteiger partial charge in [0.25, 0.3) is 0 Å². The Morgan fingerprint density at radius 3 is 2.56 bits per heavy atom. The zero-order valence-electron chi connectivity index (χ0n) is 13.3. The maximum atomic E-state index is 13.9. The largest absolute Gasteiger partial charge is 0.478 e. The average molecular weight is 362 g/mol. The molecule has 2 aromatic carbocycles. The van der Waals surface area contributed by atoms with Crippen LogP contribution in [-0.2, 0) is 11.2 Å². The number of halogens is 2. The first-order valence-electron chi connectivity index (χ1n) is 8.01. The normalized spacial score (nSPS) is 18.6. The van der Waals surface area contributed by atoms with Gasteiger partial charge in [0.15, 0.2) is 0 Å². The van der Waals surface area contributed by atoms with Crippen LogP contribution in [0.5, 0.6) is 0 Å². The summed E-state index contributed by atoms with van der Waals surface area (Å²) in [6.07, 6.45) is 1.20. The van der Waals surface area contributed by atoms with Crippen LogP contribution in [0.3, 0.4) is 0 Å². The highest BCUT2D eigenvalue weighted by atomic mass is 35.5. The third kappa shape index (κ3) is 3.99. The number of carbonyl (C=O) groups is 2. The lowest BCUT2D eigenvalue weighted by Crippen LogP contribution is -2.27. The van der Waals surface area contributed by atoms with Crippen molar-refractivity contribution in [1.82, 2.24) is 5.32 Å². The number of carboxylic acid groups (broad SMARTS) is 1. The van der Waals surface area contributed by atoms with Crippen LogP contribution in [0.2, 0.25) is 5.02 Å². The molecule has 1 amide bonds. The Kier molecular flexibility index (Phi) is 5.04. The quantitative estimate of drug-likeness (QED) is 0.825. The second-order valence-electron chi connectivity index (χ2n) is 6.13. The highest BCUT2D eigenvalue weighted by molar-refractivity contribution is 6.31. The number of hydrogen-bond acceptors (Lipinski definition) is 2. The van der Waals surface area contributed by atoms with E-state index in [1.54, 1.807) is 24.3 Å². The average Bonchev–Trinajstić information content (AvgIpc) is 3.35. The molecule has 1 aliphatic carbocycles. The van der Waals surface area contributed by atoms with Crippen molar-refractivity contribution in [2.24, 2.45) is 5.92 Å². The number of benzene rings is 2. The third-order valence-corrected chi connectivity index (χ3v) is 4.74. The van der Waals surface area contributed by atoms with E-state index in [1.807, 2.05) is 0 Å². The Morgan fingerprint density at radius 2 is 1.92 bits per heavy atom. The fourth-order valence-electron chi connectivity index (χ4n) is 2.94. The fourth-order valence-corrected chi connectivity index (χ4v) is 3.25. The topological polar surface area (TPSA) is 66.4 Å². The summed E-state index contributed by atoms with van der Waals surface area (Å²) in [5, 5.41) is 12.1. The van der Waals surface area contributed by atoms with Crippen LogP contribution < -0.4 is 5.32 Å². The van der Waals surface area contributed by atoms with Gasteiger partial charge in [0.1, 0.15) is 5.82 Å². The molecule has 2 aromatic rings. The maximum absolute atomic E-state index is 13.9. The van der Waals surface area contributed by atoms with Gasteiger partial charge in [-0.05, 0) is 42.7 Å². The molecule has 0 aromatic heterocycles. The Bertz CT molecular complexity index is 787. The van der Waals surface area contributed by atoms with Crippen molar-refractivity contribution in [2.75, 3.05) is 6.54 Å². The summed E-state index contributed by atoms with van der Waals surface area (Å²) < 4.78 is 13.9. The zero-order chi connectivity index (χ0) is 18.0. The van der Waals surface area contributed by atoms with E-state index in [9.17, 15) is 14.0 Å². The lowest BCUT2D eigenvalue weighted by Gasteiger charge is -2.07. The number of aromatic carboxylic acids is 1. The molecule has 2 atom stereocenters. The molecule has 25 heavy (non-hydrogen) atoms. The van der Waals surface area contributed by atoms with E-state index < -0.39 is 5.97 Å². The molecule has 4 nitrogen and oxygen atoms in total. The van der Waals surface area contributed by atoms with Crippen LogP contribution in [0.4, 0.5) is 4.39 Å². The van der Waals surface area contributed by atoms with Crippen molar-refractivity contribution in [3.63, 3.8) is 0 Å². The van der Waals surface area contributed by atoms with E-state index >= 15 is 0 Å². The van der Waals surface area contributed by atoms with Gasteiger partial charge in [0.2, 0.25) is 5.91 Å². The molecular weight excluding hydrogens is 345 g/mol. The van der Waals surface area contributed by atoms with Gasteiger partial charge in [0, 0.05) is 29.0 Å². The third-order valence-electron chi connectivity index (χ3n) is 4.41. The molecule has 0 bridgehead atoms. The first-order chi connectivity index (χ1) is 12.0. The zero-order valence-corrected chi connectivity index (χ0v) is 14.1. The van der Waals surface area contributed by atoms with Crippen molar-refractivity contribution < 1.29 is 19.1 Å². The predicted octanol–water partition coefficient (Wildman–Crippen LogP) is 3.64. The van der Waals surface area contributed by atoms with Gasteiger partial charge in [-0.1, -0.05) is 29.8 Å². The molecule has 2 N–H and O–H groups in total. The fraction of sp³-hybridized carbons (Fsp3) is 0.263. The van der Waals surface area contributed by atoms with Gasteiger partial charge in [-0.15, -0.1) is 0 Å². The minimum Gasteiger partial charge on any atom is -0.478 e. The molecule has 0 radical (unpaired) electrons. The van der Waals surface area contributed by atoms with Crippen LogP contribution in [0, 0.1) is 11.7 Å². The van der Waals surface area contributed by atoms with Gasteiger partial charge >= 0.3 is 5.97 Å². The Hall–Kier alpha value is -2.40. The van der Waals surface area contributed by atoms with Crippen LogP contribution in [0.1, 0.15) is 33.8 Å². The van der Waals surface area contributed by atoms with E-state index in [0.29, 0.717) is 30.0 Å². The van der Waals surface area contributed by atoms with E-state index in [0.717, 1.165) is 5.56 Å². The standard InChI is InChI=1S/C19H17ClFNO3/c20-15-2-1-3-16(21)17(15)13-10-14(13)18(23)22-9-8-11-4-6-12(7-5-11)19(24)25/h1-7,13-14H,8-10H2,(H,22,23)(H,24,25). The molecule has 1 fully saturated rings. The monoisotopic (exact) mass is 361 g/mol. The summed E-state index contributed by atoms with van der Waals surface area (Å²) in [4.78, 5) is 23.0. The van der Waals surface area contributed by atoms with Crippen molar-refractivity contribution in [2.45, 2.75) is 18.8 Å². The molecule has 0 saturated heterocycles. The van der Waals surface area contributed by atoms with E-state index in [2.05, 4.69) is 5.32 Å². The van der Waals surface area contributed by atoms with Crippen LogP contribution in [0.15, 0.2) is 42.5 Å². The molecule has 130 valence electrons. The number of nitrogens with one attached hydrogen (secondary N) is 1. The van der Waals surface area contributed by atoms with Gasteiger partial charge in [0.05, 0.1) is 5.56 Å². The Morgan fingerprint density at radius 1 is 1.20 bits per heavy atom. The van der Waals surface area contributed by atoms with Crippen molar-refractivity contribution in [1.29, 1.82) is 0 Å². The number of carboxylic acids is 1. The molecule has 1 aliphatic rings. The molecule has 0 spiro atoms. The van der Waals surface area contributed by atoms with E-state index in [-0.39, 0.29) is 29.1 Å². The highest BCUT2D eigenvalue weighted by Gasteiger charge is 2.46. The number of amides is 1.